The highest BCUT2D eigenvalue weighted by Crippen LogP contribution is 2.30. The Labute approximate surface area is 201 Å². The highest BCUT2D eigenvalue weighted by Gasteiger charge is 2.32. The summed E-state index contributed by atoms with van der Waals surface area (Å²) in [6.45, 7) is 1.24. The first-order chi connectivity index (χ1) is 17.1. The molecule has 0 saturated carbocycles. The number of hydrogen-bond acceptors (Lipinski definition) is 4. The molecule has 0 bridgehead atoms. The fraction of sp³-hybridized carbons (Fsp3) is 0.143. The van der Waals surface area contributed by atoms with E-state index in [4.69, 9.17) is 9.47 Å². The lowest BCUT2D eigenvalue weighted by Crippen LogP contribution is -2.41. The van der Waals surface area contributed by atoms with Crippen molar-refractivity contribution in [1.29, 1.82) is 0 Å². The van der Waals surface area contributed by atoms with Crippen LogP contribution in [0.3, 0.4) is 0 Å². The first-order valence-electron chi connectivity index (χ1n) is 11.3. The van der Waals surface area contributed by atoms with Crippen molar-refractivity contribution in [3.05, 3.63) is 124 Å². The summed E-state index contributed by atoms with van der Waals surface area (Å²) in [4.78, 5) is 28.4. The molecule has 0 radical (unpaired) electrons. The molecule has 5 rings (SSSR count). The van der Waals surface area contributed by atoms with Crippen molar-refractivity contribution in [2.24, 2.45) is 0 Å². The Morgan fingerprint density at radius 3 is 2.20 bits per heavy atom. The topological polar surface area (TPSA) is 60.8 Å². The first-order valence-corrected chi connectivity index (χ1v) is 11.3. The molecule has 3 aromatic carbocycles. The number of carbonyl (C=O) groups is 1. The smallest absolute Gasteiger partial charge is 0.274 e. The molecule has 0 saturated heterocycles. The third-order valence-electron chi connectivity index (χ3n) is 5.79. The Morgan fingerprint density at radius 1 is 0.800 bits per heavy atom. The quantitative estimate of drug-likeness (QED) is 0.381. The van der Waals surface area contributed by atoms with Gasteiger partial charge in [-0.2, -0.15) is 0 Å². The van der Waals surface area contributed by atoms with Crippen LogP contribution in [0.5, 0.6) is 17.4 Å². The SMILES string of the molecule is O=C1c2c(OCc3ccccc3)c(=O)cc(Oc3ccccc3)n2CCN1Cc1ccc(F)cc1. The summed E-state index contributed by atoms with van der Waals surface area (Å²) in [7, 11) is 0. The minimum atomic E-state index is -0.435. The van der Waals surface area contributed by atoms with Crippen LogP contribution in [0.4, 0.5) is 4.39 Å². The molecule has 1 aromatic heterocycles. The summed E-state index contributed by atoms with van der Waals surface area (Å²) in [5.41, 5.74) is 1.38. The minimum absolute atomic E-state index is 0.0110. The molecule has 1 aliphatic rings. The van der Waals surface area contributed by atoms with Gasteiger partial charge in [-0.1, -0.05) is 60.7 Å². The van der Waals surface area contributed by atoms with E-state index in [2.05, 4.69) is 0 Å². The minimum Gasteiger partial charge on any atom is -0.483 e. The summed E-state index contributed by atoms with van der Waals surface area (Å²) < 4.78 is 26.9. The van der Waals surface area contributed by atoms with E-state index < -0.39 is 5.43 Å². The molecule has 0 atom stereocenters. The number of hydrogen-bond donors (Lipinski definition) is 0. The van der Waals surface area contributed by atoms with Crippen molar-refractivity contribution in [3.63, 3.8) is 0 Å². The lowest BCUT2D eigenvalue weighted by Gasteiger charge is -2.32. The van der Waals surface area contributed by atoms with Gasteiger partial charge in [-0.25, -0.2) is 4.39 Å². The van der Waals surface area contributed by atoms with Crippen molar-refractivity contribution in [2.75, 3.05) is 6.54 Å². The molecule has 6 nitrogen and oxygen atoms in total. The van der Waals surface area contributed by atoms with E-state index in [-0.39, 0.29) is 42.2 Å². The van der Waals surface area contributed by atoms with E-state index in [9.17, 15) is 14.0 Å². The van der Waals surface area contributed by atoms with Crippen molar-refractivity contribution in [1.82, 2.24) is 9.47 Å². The van der Waals surface area contributed by atoms with Crippen molar-refractivity contribution < 1.29 is 18.7 Å². The second-order valence-electron chi connectivity index (χ2n) is 8.22. The van der Waals surface area contributed by atoms with Crippen molar-refractivity contribution in [3.8, 4) is 17.4 Å². The number of fused-ring (bicyclic) bond motifs is 1. The van der Waals surface area contributed by atoms with Crippen LogP contribution in [0.15, 0.2) is 95.8 Å². The molecule has 1 aliphatic heterocycles. The van der Waals surface area contributed by atoms with Crippen LogP contribution in [0, 0.1) is 5.82 Å². The van der Waals surface area contributed by atoms with Crippen LogP contribution in [-0.4, -0.2) is 21.9 Å². The Morgan fingerprint density at radius 2 is 1.49 bits per heavy atom. The molecule has 176 valence electrons. The van der Waals surface area contributed by atoms with Crippen molar-refractivity contribution in [2.45, 2.75) is 19.7 Å². The lowest BCUT2D eigenvalue weighted by molar-refractivity contribution is 0.0675. The monoisotopic (exact) mass is 470 g/mol. The Bertz CT molecular complexity index is 1390. The molecule has 0 spiro atoms. The number of rotatable bonds is 7. The van der Waals surface area contributed by atoms with Gasteiger partial charge in [0, 0.05) is 19.6 Å². The summed E-state index contributed by atoms with van der Waals surface area (Å²) in [6, 6.07) is 25.9. The predicted octanol–water partition coefficient (Wildman–Crippen LogP) is 5.01. The maximum absolute atomic E-state index is 13.6. The molecule has 7 heteroatoms. The molecule has 0 aliphatic carbocycles. The average molecular weight is 471 g/mol. The standard InChI is InChI=1S/C28H23FN2O4/c29-22-13-11-20(12-14-22)18-30-15-16-31-25(35-23-9-5-2-6-10-23)17-24(32)27(26(31)28(30)33)34-19-21-7-3-1-4-8-21/h1-14,17H,15-16,18-19H2. The Kier molecular flexibility index (Phi) is 6.30. The summed E-state index contributed by atoms with van der Waals surface area (Å²) in [5.74, 6) is 0.135. The fourth-order valence-electron chi connectivity index (χ4n) is 4.04. The van der Waals surface area contributed by atoms with Gasteiger partial charge in [-0.15, -0.1) is 0 Å². The van der Waals surface area contributed by atoms with Crippen LogP contribution >= 0.6 is 0 Å². The summed E-state index contributed by atoms with van der Waals surface area (Å²) in [5, 5.41) is 0. The third kappa shape index (κ3) is 4.94. The Hall–Kier alpha value is -4.39. The van der Waals surface area contributed by atoms with Gasteiger partial charge in [0.05, 0.1) is 6.07 Å². The van der Waals surface area contributed by atoms with Gasteiger partial charge in [0.15, 0.2) is 11.4 Å². The number of benzene rings is 3. The molecule has 0 fully saturated rings. The number of nitrogens with zero attached hydrogens (tertiary/aromatic N) is 2. The van der Waals surface area contributed by atoms with Crippen LogP contribution in [-0.2, 0) is 19.7 Å². The van der Waals surface area contributed by atoms with Crippen LogP contribution in [0.25, 0.3) is 0 Å². The zero-order valence-corrected chi connectivity index (χ0v) is 18.9. The van der Waals surface area contributed by atoms with Gasteiger partial charge in [-0.3, -0.25) is 9.59 Å². The molecular formula is C28H23FN2O4. The van der Waals surface area contributed by atoms with Gasteiger partial charge in [0.25, 0.3) is 5.91 Å². The Balaban J connectivity index is 1.51. The number of ether oxygens (including phenoxy) is 2. The lowest BCUT2D eigenvalue weighted by atomic mass is 10.1. The highest BCUT2D eigenvalue weighted by molar-refractivity contribution is 5.96. The number of amides is 1. The molecule has 2 heterocycles. The zero-order chi connectivity index (χ0) is 24.2. The molecule has 0 unspecified atom stereocenters. The van der Waals surface area contributed by atoms with E-state index in [1.165, 1.54) is 18.2 Å². The van der Waals surface area contributed by atoms with Gasteiger partial charge >= 0.3 is 0 Å². The largest absolute Gasteiger partial charge is 0.483 e. The van der Waals surface area contributed by atoms with Gasteiger partial charge < -0.3 is 18.9 Å². The molecular weight excluding hydrogens is 447 g/mol. The summed E-state index contributed by atoms with van der Waals surface area (Å²) in [6.07, 6.45) is 0. The molecule has 0 N–H and O–H groups in total. The van der Waals surface area contributed by atoms with Gasteiger partial charge in [-0.05, 0) is 35.4 Å². The average Bonchev–Trinajstić information content (AvgIpc) is 2.88. The second kappa shape index (κ2) is 9.85. The summed E-state index contributed by atoms with van der Waals surface area (Å²) >= 11 is 0. The first kappa shape index (κ1) is 22.4. The van der Waals surface area contributed by atoms with Gasteiger partial charge in [0.1, 0.15) is 18.2 Å². The second-order valence-corrected chi connectivity index (χ2v) is 8.22. The molecule has 35 heavy (non-hydrogen) atoms. The van der Waals surface area contributed by atoms with E-state index in [0.717, 1.165) is 11.1 Å². The number of para-hydroxylation sites is 1. The van der Waals surface area contributed by atoms with Crippen LogP contribution in [0.1, 0.15) is 21.6 Å². The number of carbonyl (C=O) groups excluding carboxylic acids is 1. The van der Waals surface area contributed by atoms with Crippen LogP contribution in [0.2, 0.25) is 0 Å². The molecule has 1 amide bonds. The fourth-order valence-corrected chi connectivity index (χ4v) is 4.04. The number of pyridine rings is 1. The van der Waals surface area contributed by atoms with Crippen LogP contribution < -0.4 is 14.9 Å². The zero-order valence-electron chi connectivity index (χ0n) is 18.9. The number of aromatic nitrogens is 1. The van der Waals surface area contributed by atoms with Crippen molar-refractivity contribution >= 4 is 5.91 Å². The maximum atomic E-state index is 13.6. The third-order valence-corrected chi connectivity index (χ3v) is 5.79. The normalized spacial score (nSPS) is 12.8. The van der Waals surface area contributed by atoms with E-state index in [1.807, 2.05) is 48.5 Å². The van der Waals surface area contributed by atoms with E-state index in [1.54, 1.807) is 33.7 Å². The van der Waals surface area contributed by atoms with E-state index in [0.29, 0.717) is 18.8 Å². The highest BCUT2D eigenvalue weighted by atomic mass is 19.1. The van der Waals surface area contributed by atoms with Gasteiger partial charge in [0.2, 0.25) is 11.3 Å². The number of halogens is 1. The molecule has 4 aromatic rings. The predicted molar refractivity (Wildman–Crippen MR) is 129 cm³/mol. The maximum Gasteiger partial charge on any atom is 0.274 e. The van der Waals surface area contributed by atoms with E-state index >= 15 is 0 Å².